The first-order valence-corrected chi connectivity index (χ1v) is 10.4. The molecule has 0 bridgehead atoms. The molecule has 0 heterocycles. The van der Waals surface area contributed by atoms with Gasteiger partial charge in [0.2, 0.25) is 0 Å². The molecule has 2 atom stereocenters. The van der Waals surface area contributed by atoms with E-state index in [1.54, 1.807) is 0 Å². The third-order valence-corrected chi connectivity index (χ3v) is 4.56. The molecule has 0 aromatic rings. The first kappa shape index (κ1) is 27.3. The number of unbranched alkanes of at least 4 members (excludes halogenated alkanes) is 2. The first-order chi connectivity index (χ1) is 11.0. The second kappa shape index (κ2) is 17.4. The van der Waals surface area contributed by atoms with Crippen LogP contribution in [0.1, 0.15) is 79.1 Å². The van der Waals surface area contributed by atoms with Crippen molar-refractivity contribution in [3.8, 4) is 0 Å². The molecule has 140 valence electrons. The minimum Gasteiger partial charge on any atom is -0.753 e. The number of phosphoric acid groups is 1. The number of rotatable bonds is 16. The van der Waals surface area contributed by atoms with E-state index in [0.29, 0.717) is 0 Å². The smallest absolute Gasteiger partial charge is 0.753 e. The molecule has 0 aromatic heterocycles. The van der Waals surface area contributed by atoms with Gasteiger partial charge in [-0.25, -0.2) is 9.78 Å². The fourth-order valence-electron chi connectivity index (χ4n) is 2.19. The van der Waals surface area contributed by atoms with Gasteiger partial charge in [0.05, 0.1) is 13.2 Å². The van der Waals surface area contributed by atoms with E-state index in [9.17, 15) is 9.46 Å². The van der Waals surface area contributed by atoms with Crippen molar-refractivity contribution in [2.75, 3.05) is 13.2 Å². The largest absolute Gasteiger partial charge is 1.00 e. The Balaban J connectivity index is 0. The molecule has 0 radical (unpaired) electrons. The molecule has 0 aromatic carbocycles. The van der Waals surface area contributed by atoms with Crippen molar-refractivity contribution in [3.05, 3.63) is 0 Å². The Kier molecular flexibility index (Phi) is 19.8. The maximum atomic E-state index is 11.5. The maximum Gasteiger partial charge on any atom is 1.00 e. The van der Waals surface area contributed by atoms with Gasteiger partial charge >= 0.3 is 37.4 Å². The van der Waals surface area contributed by atoms with Gasteiger partial charge in [0.1, 0.15) is 0 Å². The van der Waals surface area contributed by atoms with E-state index < -0.39 is 7.82 Å². The Morgan fingerprint density at radius 1 is 0.833 bits per heavy atom. The summed E-state index contributed by atoms with van der Waals surface area (Å²) in [4.78, 5) is 21.2. The quantitative estimate of drug-likeness (QED) is 0.177. The van der Waals surface area contributed by atoms with Gasteiger partial charge in [-0.05, 0) is 24.7 Å². The molecule has 0 amide bonds. The molecule has 2 unspecified atom stereocenters. The monoisotopic (exact) mass is 376 g/mol. The van der Waals surface area contributed by atoms with E-state index in [1.165, 1.54) is 0 Å². The molecule has 0 aliphatic rings. The van der Waals surface area contributed by atoms with Crippen LogP contribution in [-0.2, 0) is 23.7 Å². The summed E-state index contributed by atoms with van der Waals surface area (Å²) in [5, 5.41) is 0. The minimum absolute atomic E-state index is 0. The van der Waals surface area contributed by atoms with Crippen LogP contribution in [0, 0.1) is 11.8 Å². The van der Waals surface area contributed by atoms with E-state index >= 15 is 0 Å². The fraction of sp³-hybridized carbons (Fsp3) is 1.00. The zero-order chi connectivity index (χ0) is 17.6. The van der Waals surface area contributed by atoms with Crippen molar-refractivity contribution < 1.29 is 58.1 Å². The molecule has 6 nitrogen and oxygen atoms in total. The molecule has 0 rings (SSSR count). The van der Waals surface area contributed by atoms with Gasteiger partial charge in [-0.2, -0.15) is 9.35 Å². The summed E-state index contributed by atoms with van der Waals surface area (Å²) in [6.07, 6.45) is 8.20. The van der Waals surface area contributed by atoms with E-state index in [2.05, 4.69) is 23.2 Å². The van der Waals surface area contributed by atoms with Gasteiger partial charge in [0.25, 0.3) is 0 Å². The first-order valence-electron chi connectivity index (χ1n) is 8.92. The summed E-state index contributed by atoms with van der Waals surface area (Å²) in [6.45, 7) is 8.79. The van der Waals surface area contributed by atoms with E-state index in [-0.39, 0.29) is 54.6 Å². The Hall–Kier alpha value is 1.03. The molecular weight excluding hydrogens is 342 g/mol. The van der Waals surface area contributed by atoms with Crippen molar-refractivity contribution in [3.63, 3.8) is 0 Å². The summed E-state index contributed by atoms with van der Waals surface area (Å²) in [7, 11) is -4.57. The van der Waals surface area contributed by atoms with Gasteiger partial charge in [-0.3, -0.25) is 4.57 Å². The SMILES string of the molecule is CCCCC(CC)COOP(=O)([O-])OOCC(CC)CCCC.[Na+]. The van der Waals surface area contributed by atoms with Gasteiger partial charge in [-0.1, -0.05) is 66.2 Å². The van der Waals surface area contributed by atoms with Crippen LogP contribution in [0.2, 0.25) is 0 Å². The predicted molar refractivity (Wildman–Crippen MR) is 88.3 cm³/mol. The van der Waals surface area contributed by atoms with Crippen LogP contribution in [0.3, 0.4) is 0 Å². The zero-order valence-corrected chi connectivity index (χ0v) is 19.0. The predicted octanol–water partition coefficient (Wildman–Crippen LogP) is 1.79. The minimum atomic E-state index is -4.57. The molecule has 0 saturated carbocycles. The van der Waals surface area contributed by atoms with Crippen molar-refractivity contribution >= 4 is 7.82 Å². The van der Waals surface area contributed by atoms with Gasteiger partial charge in [0, 0.05) is 0 Å². The van der Waals surface area contributed by atoms with Crippen LogP contribution in [-0.4, -0.2) is 13.2 Å². The molecule has 0 aliphatic carbocycles. The summed E-state index contributed by atoms with van der Waals surface area (Å²) in [5.41, 5.74) is 0. The second-order valence-corrected chi connectivity index (χ2v) is 7.19. The molecule has 0 saturated heterocycles. The van der Waals surface area contributed by atoms with E-state index in [1.807, 2.05) is 13.8 Å². The van der Waals surface area contributed by atoms with Crippen molar-refractivity contribution in [1.82, 2.24) is 0 Å². The topological polar surface area (TPSA) is 77.1 Å². The van der Waals surface area contributed by atoms with Gasteiger partial charge in [-0.15, -0.1) is 0 Å². The second-order valence-electron chi connectivity index (χ2n) is 6.00. The molecule has 8 heteroatoms. The number of hydrogen-bond donors (Lipinski definition) is 0. The van der Waals surface area contributed by atoms with Crippen LogP contribution in [0.25, 0.3) is 0 Å². The van der Waals surface area contributed by atoms with E-state index in [0.717, 1.165) is 51.4 Å². The summed E-state index contributed by atoms with van der Waals surface area (Å²) in [5.74, 6) is 0.573. The van der Waals surface area contributed by atoms with Gasteiger partial charge < -0.3 is 4.89 Å². The third-order valence-electron chi connectivity index (χ3n) is 3.98. The molecular formula is C16H34NaO6P. The fourth-order valence-corrected chi connectivity index (χ4v) is 2.60. The average Bonchev–Trinajstić information content (AvgIpc) is 2.53. The summed E-state index contributed by atoms with van der Waals surface area (Å²) < 4.78 is 20.3. The molecule has 0 N–H and O–H groups in total. The normalized spacial score (nSPS) is 16.2. The molecule has 0 spiro atoms. The molecule has 0 fully saturated rings. The summed E-state index contributed by atoms with van der Waals surface area (Å²) >= 11 is 0. The zero-order valence-electron chi connectivity index (χ0n) is 16.1. The average molecular weight is 376 g/mol. The van der Waals surface area contributed by atoms with Crippen molar-refractivity contribution in [2.45, 2.75) is 79.1 Å². The Morgan fingerprint density at radius 3 is 1.50 bits per heavy atom. The molecule has 24 heavy (non-hydrogen) atoms. The van der Waals surface area contributed by atoms with Crippen LogP contribution in [0.4, 0.5) is 0 Å². The maximum absolute atomic E-state index is 11.5. The third kappa shape index (κ3) is 15.3. The van der Waals surface area contributed by atoms with Gasteiger partial charge in [0.15, 0.2) is 0 Å². The summed E-state index contributed by atoms with van der Waals surface area (Å²) in [6, 6.07) is 0. The van der Waals surface area contributed by atoms with Crippen LogP contribution < -0.4 is 34.5 Å². The van der Waals surface area contributed by atoms with Crippen LogP contribution in [0.15, 0.2) is 0 Å². The van der Waals surface area contributed by atoms with E-state index in [4.69, 9.17) is 9.78 Å². The van der Waals surface area contributed by atoms with Crippen molar-refractivity contribution in [2.24, 2.45) is 11.8 Å². The van der Waals surface area contributed by atoms with Crippen LogP contribution >= 0.6 is 7.82 Å². The standard InChI is InChI=1S/C16H35O6P.Na/c1-5-9-11-15(7-3)13-19-21-23(17,18)22-20-14-16(8-4)12-10-6-2;/h15-16H,5-14H2,1-4H3,(H,17,18);/q;+1/p-1. The Labute approximate surface area is 169 Å². The Bertz CT molecular complexity index is 293. The van der Waals surface area contributed by atoms with Crippen LogP contribution in [0.5, 0.6) is 0 Å². The van der Waals surface area contributed by atoms with Crippen molar-refractivity contribution in [1.29, 1.82) is 0 Å². The molecule has 0 aliphatic heterocycles. The number of hydrogen-bond acceptors (Lipinski definition) is 6. The Morgan fingerprint density at radius 2 is 1.21 bits per heavy atom.